The molecule has 0 aromatic carbocycles. The van der Waals surface area contributed by atoms with Crippen molar-refractivity contribution in [1.82, 2.24) is 16.0 Å². The number of aliphatic hydroxyl groups excluding tert-OH is 8. The monoisotopic (exact) mass is 815 g/mol. The number of unbranched alkanes of at least 4 members (excludes halogenated alkanes) is 4. The maximum atomic E-state index is 13.1. The maximum absolute atomic E-state index is 13.1. The van der Waals surface area contributed by atoms with Crippen molar-refractivity contribution in [2.24, 2.45) is 11.8 Å². The van der Waals surface area contributed by atoms with Crippen molar-refractivity contribution in [2.75, 3.05) is 6.61 Å². The van der Waals surface area contributed by atoms with Crippen LogP contribution in [0.2, 0.25) is 0 Å². The van der Waals surface area contributed by atoms with E-state index < -0.39 is 134 Å². The third-order valence-corrected chi connectivity index (χ3v) is 10.9. The molecule has 0 spiro atoms. The summed E-state index contributed by atoms with van der Waals surface area (Å²) in [6.45, 7) is 4.78. The number of rotatable bonds is 19. The average Bonchev–Trinajstić information content (AvgIpc) is 3.45. The molecule has 57 heavy (non-hydrogen) atoms. The molecule has 4 heterocycles. The van der Waals surface area contributed by atoms with Crippen LogP contribution in [0.5, 0.6) is 0 Å². The van der Waals surface area contributed by atoms with Crippen LogP contribution >= 0.6 is 0 Å². The van der Waals surface area contributed by atoms with Gasteiger partial charge in [0.05, 0.1) is 24.7 Å². The van der Waals surface area contributed by atoms with E-state index in [0.29, 0.717) is 12.3 Å². The lowest BCUT2D eigenvalue weighted by molar-refractivity contribution is -0.346. The molecule has 4 rings (SSSR count). The number of nitrogens with one attached hydrogen (secondary N) is 3. The van der Waals surface area contributed by atoms with Crippen molar-refractivity contribution >= 4 is 23.6 Å². The largest absolute Gasteiger partial charge is 0.394 e. The summed E-state index contributed by atoms with van der Waals surface area (Å²) in [5, 5.41) is 93.5. The van der Waals surface area contributed by atoms with E-state index in [1.165, 1.54) is 25.0 Å². The summed E-state index contributed by atoms with van der Waals surface area (Å²) in [6, 6.07) is -2.99. The summed E-state index contributed by atoms with van der Waals surface area (Å²) in [5.41, 5.74) is 0. The van der Waals surface area contributed by atoms with Gasteiger partial charge in [-0.2, -0.15) is 0 Å². The Kier molecular flexibility index (Phi) is 18.0. The fourth-order valence-corrected chi connectivity index (χ4v) is 7.77. The fourth-order valence-electron chi connectivity index (χ4n) is 7.77. The first-order valence-corrected chi connectivity index (χ1v) is 19.8. The molecule has 324 valence electrons. The van der Waals surface area contributed by atoms with Crippen LogP contribution in [0.4, 0.5) is 0 Å². The van der Waals surface area contributed by atoms with Crippen LogP contribution in [-0.4, -0.2) is 163 Å². The Morgan fingerprint density at radius 3 is 2.12 bits per heavy atom. The van der Waals surface area contributed by atoms with Crippen molar-refractivity contribution < 1.29 is 79.0 Å². The molecule has 0 radical (unpaired) electrons. The standard InChI is InChI=1S/C38H61N3O16/c1-4-11-18(2)12-9-7-5-6-8-10-13-24(45)40-27-31(50)28(47)22(54-38(27)57-37-26(39-19(3)43)30(49)29(48)23(17-42)55-37)16-21(44)35-33(52)32(51)34(56-35)20-14-15-25(46)41-36(20)53/h10,13-15,18,20-23,26-35,37-38,42,44,47-52H,4-9,11-12,16-17H2,1-3H3,(H,39,43)(H,40,45)(H,41,46,53). The van der Waals surface area contributed by atoms with Gasteiger partial charge in [0.1, 0.15) is 67.0 Å². The Balaban J connectivity index is 1.47. The predicted molar refractivity (Wildman–Crippen MR) is 197 cm³/mol. The van der Waals surface area contributed by atoms with Crippen molar-refractivity contribution in [3.63, 3.8) is 0 Å². The van der Waals surface area contributed by atoms with Gasteiger partial charge in [-0.1, -0.05) is 64.5 Å². The molecule has 0 saturated carbocycles. The van der Waals surface area contributed by atoms with E-state index in [1.54, 1.807) is 6.08 Å². The highest BCUT2D eigenvalue weighted by Gasteiger charge is 2.54. The van der Waals surface area contributed by atoms with Crippen molar-refractivity contribution in [3.05, 3.63) is 24.3 Å². The van der Waals surface area contributed by atoms with Gasteiger partial charge < -0.3 is 70.4 Å². The highest BCUT2D eigenvalue weighted by molar-refractivity contribution is 6.05. The highest BCUT2D eigenvalue weighted by atomic mass is 16.8. The van der Waals surface area contributed by atoms with E-state index in [9.17, 15) is 60.0 Å². The van der Waals surface area contributed by atoms with Gasteiger partial charge in [-0.15, -0.1) is 0 Å². The van der Waals surface area contributed by atoms with Crippen LogP contribution in [0.1, 0.15) is 78.6 Å². The lowest BCUT2D eigenvalue weighted by Gasteiger charge is -2.47. The zero-order valence-electron chi connectivity index (χ0n) is 32.5. The topological polar surface area (TPSA) is 303 Å². The van der Waals surface area contributed by atoms with E-state index >= 15 is 0 Å². The first-order valence-electron chi connectivity index (χ1n) is 19.8. The van der Waals surface area contributed by atoms with Crippen LogP contribution in [0, 0.1) is 11.8 Å². The number of imide groups is 1. The van der Waals surface area contributed by atoms with Crippen molar-refractivity contribution in [3.8, 4) is 0 Å². The minimum atomic E-state index is -1.85. The zero-order chi connectivity index (χ0) is 42.0. The number of hydrogen-bond donors (Lipinski definition) is 11. The Labute approximate surface area is 331 Å². The lowest BCUT2D eigenvalue weighted by Crippen LogP contribution is -2.68. The second kappa shape index (κ2) is 21.9. The van der Waals surface area contributed by atoms with Crippen molar-refractivity contribution in [1.29, 1.82) is 0 Å². The van der Waals surface area contributed by atoms with Gasteiger partial charge in [0.2, 0.25) is 23.6 Å². The van der Waals surface area contributed by atoms with Crippen LogP contribution in [-0.2, 0) is 38.1 Å². The van der Waals surface area contributed by atoms with Gasteiger partial charge in [0.15, 0.2) is 12.6 Å². The normalized spacial score (nSPS) is 38.2. The average molecular weight is 816 g/mol. The summed E-state index contributed by atoms with van der Waals surface area (Å²) >= 11 is 0. The molecule has 17 atom stereocenters. The first kappa shape index (κ1) is 46.8. The number of amides is 4. The molecule has 3 fully saturated rings. The van der Waals surface area contributed by atoms with E-state index in [0.717, 1.165) is 45.1 Å². The molecule has 4 aliphatic heterocycles. The van der Waals surface area contributed by atoms with E-state index in [-0.39, 0.29) is 0 Å². The summed E-state index contributed by atoms with van der Waals surface area (Å²) in [6.07, 6.45) is -8.66. The van der Waals surface area contributed by atoms with E-state index in [1.807, 2.05) is 0 Å². The molecule has 0 aliphatic carbocycles. The quantitative estimate of drug-likeness (QED) is 0.0359. The van der Waals surface area contributed by atoms with Gasteiger partial charge in [-0.3, -0.25) is 24.5 Å². The SMILES string of the molecule is CCCC(C)CCCCCCC=CC(=O)NC1C(OC2OC(CO)C(O)C(O)C2NC(C)=O)OC(CC(O)C2OC(C3C=CC(=O)NC3=O)C(O)C2O)C(O)C1O. The molecular weight excluding hydrogens is 754 g/mol. The maximum Gasteiger partial charge on any atom is 0.250 e. The second-order valence-electron chi connectivity index (χ2n) is 15.5. The third-order valence-electron chi connectivity index (χ3n) is 10.9. The molecule has 19 heteroatoms. The smallest absolute Gasteiger partial charge is 0.250 e. The number of aliphatic hydroxyl groups is 8. The van der Waals surface area contributed by atoms with E-state index in [2.05, 4.69) is 29.8 Å². The molecular formula is C38H61N3O16. The zero-order valence-corrected chi connectivity index (χ0v) is 32.5. The molecule has 0 aromatic rings. The molecule has 4 aliphatic rings. The van der Waals surface area contributed by atoms with Gasteiger partial charge in [-0.25, -0.2) is 0 Å². The number of carbonyl (C=O) groups is 4. The van der Waals surface area contributed by atoms with Crippen LogP contribution < -0.4 is 16.0 Å². The summed E-state index contributed by atoms with van der Waals surface area (Å²) in [5.74, 6) is -3.31. The van der Waals surface area contributed by atoms with Crippen LogP contribution in [0.25, 0.3) is 0 Å². The van der Waals surface area contributed by atoms with Crippen LogP contribution in [0.15, 0.2) is 24.3 Å². The summed E-state index contributed by atoms with van der Waals surface area (Å²) < 4.78 is 23.4. The Hall–Kier alpha value is -2.92. The highest BCUT2D eigenvalue weighted by Crippen LogP contribution is 2.34. The molecule has 0 aromatic heterocycles. The van der Waals surface area contributed by atoms with Gasteiger partial charge >= 0.3 is 0 Å². The summed E-state index contributed by atoms with van der Waals surface area (Å²) in [7, 11) is 0. The minimum Gasteiger partial charge on any atom is -0.394 e. The lowest BCUT2D eigenvalue weighted by atomic mass is 9.90. The number of hydrogen-bond acceptors (Lipinski definition) is 16. The predicted octanol–water partition coefficient (Wildman–Crippen LogP) is -2.72. The number of ether oxygens (including phenoxy) is 4. The Morgan fingerprint density at radius 2 is 1.49 bits per heavy atom. The Bertz CT molecular complexity index is 1400. The van der Waals surface area contributed by atoms with Crippen LogP contribution in [0.3, 0.4) is 0 Å². The van der Waals surface area contributed by atoms with Gasteiger partial charge in [0, 0.05) is 19.4 Å². The van der Waals surface area contributed by atoms with Crippen molar-refractivity contribution in [2.45, 2.75) is 170 Å². The number of allylic oxidation sites excluding steroid dienone is 1. The Morgan fingerprint density at radius 1 is 0.860 bits per heavy atom. The fraction of sp³-hybridized carbons (Fsp3) is 0.789. The molecule has 4 amide bonds. The van der Waals surface area contributed by atoms with Gasteiger partial charge in [-0.05, 0) is 24.8 Å². The third kappa shape index (κ3) is 12.3. The molecule has 3 saturated heterocycles. The molecule has 0 bridgehead atoms. The van der Waals surface area contributed by atoms with E-state index in [4.69, 9.17) is 18.9 Å². The molecule has 19 nitrogen and oxygen atoms in total. The first-order chi connectivity index (χ1) is 27.1. The second-order valence-corrected chi connectivity index (χ2v) is 15.5. The summed E-state index contributed by atoms with van der Waals surface area (Å²) in [4.78, 5) is 49.2. The number of carbonyl (C=O) groups excluding carboxylic acids is 4. The van der Waals surface area contributed by atoms with Gasteiger partial charge in [0.25, 0.3) is 0 Å². The molecule has 17 unspecified atom stereocenters. The minimum absolute atomic E-state index is 0.580. The molecule has 11 N–H and O–H groups in total.